The summed E-state index contributed by atoms with van der Waals surface area (Å²) < 4.78 is 16.3. The number of benzene rings is 2. The molecular formula is C23H29NO4. The van der Waals surface area contributed by atoms with Crippen LogP contribution in [0.15, 0.2) is 36.4 Å². The first kappa shape index (κ1) is 20.1. The summed E-state index contributed by atoms with van der Waals surface area (Å²) >= 11 is 0. The highest BCUT2D eigenvalue weighted by molar-refractivity contribution is 5.79. The number of nitrogens with zero attached hydrogens (tertiary/aromatic N) is 1. The molecule has 0 N–H and O–H groups in total. The van der Waals surface area contributed by atoms with Crippen LogP contribution in [-0.2, 0) is 17.6 Å². The Balaban J connectivity index is 1.72. The van der Waals surface area contributed by atoms with Gasteiger partial charge in [0.05, 0.1) is 27.8 Å². The van der Waals surface area contributed by atoms with E-state index in [4.69, 9.17) is 14.2 Å². The van der Waals surface area contributed by atoms with Gasteiger partial charge in [0, 0.05) is 12.6 Å². The Morgan fingerprint density at radius 3 is 2.21 bits per heavy atom. The van der Waals surface area contributed by atoms with Crippen molar-refractivity contribution in [1.29, 1.82) is 0 Å². The molecule has 1 aliphatic carbocycles. The van der Waals surface area contributed by atoms with E-state index in [1.165, 1.54) is 0 Å². The van der Waals surface area contributed by atoms with Gasteiger partial charge in [-0.2, -0.15) is 0 Å². The summed E-state index contributed by atoms with van der Waals surface area (Å²) in [5, 5.41) is 0. The molecule has 0 aliphatic heterocycles. The van der Waals surface area contributed by atoms with Gasteiger partial charge in [0.15, 0.2) is 11.5 Å². The molecule has 0 heterocycles. The lowest BCUT2D eigenvalue weighted by Crippen LogP contribution is -2.36. The second-order valence-corrected chi connectivity index (χ2v) is 7.21. The maximum Gasteiger partial charge on any atom is 0.227 e. The fourth-order valence-corrected chi connectivity index (χ4v) is 3.50. The standard InChI is InChI=1S/C23H29NO4/c1-16-7-5-6-8-18(16)15-22(25)24(19-9-10-19)12-11-17-13-20(26-2)23(28-4)21(14-17)27-3/h5-8,13-14,19H,9-12,15H2,1-4H3. The summed E-state index contributed by atoms with van der Waals surface area (Å²) in [5.41, 5.74) is 3.33. The van der Waals surface area contributed by atoms with E-state index in [1.54, 1.807) is 21.3 Å². The summed E-state index contributed by atoms with van der Waals surface area (Å²) in [6.45, 7) is 2.74. The second-order valence-electron chi connectivity index (χ2n) is 7.21. The maximum absolute atomic E-state index is 13.0. The molecule has 28 heavy (non-hydrogen) atoms. The maximum atomic E-state index is 13.0. The van der Waals surface area contributed by atoms with Crippen LogP contribution in [0.2, 0.25) is 0 Å². The monoisotopic (exact) mass is 383 g/mol. The van der Waals surface area contributed by atoms with Crippen molar-refractivity contribution in [3.8, 4) is 17.2 Å². The van der Waals surface area contributed by atoms with Crippen LogP contribution < -0.4 is 14.2 Å². The lowest BCUT2D eigenvalue weighted by molar-refractivity contribution is -0.131. The molecule has 1 saturated carbocycles. The van der Waals surface area contributed by atoms with Crippen LogP contribution in [0.4, 0.5) is 0 Å². The van der Waals surface area contributed by atoms with E-state index in [9.17, 15) is 4.79 Å². The van der Waals surface area contributed by atoms with Crippen molar-refractivity contribution in [1.82, 2.24) is 4.90 Å². The van der Waals surface area contributed by atoms with E-state index >= 15 is 0 Å². The van der Waals surface area contributed by atoms with Gasteiger partial charge in [-0.1, -0.05) is 24.3 Å². The molecule has 150 valence electrons. The third-order valence-corrected chi connectivity index (χ3v) is 5.28. The van der Waals surface area contributed by atoms with Crippen molar-refractivity contribution in [2.45, 2.75) is 38.6 Å². The molecule has 1 amide bonds. The molecule has 0 saturated heterocycles. The minimum atomic E-state index is 0.198. The van der Waals surface area contributed by atoms with E-state index in [-0.39, 0.29) is 5.91 Å². The Morgan fingerprint density at radius 1 is 1.04 bits per heavy atom. The van der Waals surface area contributed by atoms with Crippen LogP contribution >= 0.6 is 0 Å². The fourth-order valence-electron chi connectivity index (χ4n) is 3.50. The molecule has 2 aromatic carbocycles. The normalized spacial score (nSPS) is 13.1. The molecule has 2 aromatic rings. The van der Waals surface area contributed by atoms with Gasteiger partial charge in [-0.05, 0) is 55.0 Å². The molecule has 0 unspecified atom stereocenters. The van der Waals surface area contributed by atoms with Gasteiger partial charge in [0.1, 0.15) is 0 Å². The predicted octanol–water partition coefficient (Wildman–Crippen LogP) is 3.80. The number of methoxy groups -OCH3 is 3. The lowest BCUT2D eigenvalue weighted by atomic mass is 10.0. The van der Waals surface area contributed by atoms with Crippen molar-refractivity contribution in [3.63, 3.8) is 0 Å². The zero-order valence-electron chi connectivity index (χ0n) is 17.2. The molecule has 3 rings (SSSR count). The van der Waals surface area contributed by atoms with E-state index in [0.29, 0.717) is 36.3 Å². The molecule has 0 bridgehead atoms. The zero-order valence-corrected chi connectivity index (χ0v) is 17.2. The molecule has 5 nitrogen and oxygen atoms in total. The highest BCUT2D eigenvalue weighted by atomic mass is 16.5. The van der Waals surface area contributed by atoms with Crippen molar-refractivity contribution in [2.24, 2.45) is 0 Å². The number of amides is 1. The molecule has 0 aromatic heterocycles. The zero-order chi connectivity index (χ0) is 20.1. The van der Waals surface area contributed by atoms with E-state index in [2.05, 4.69) is 13.0 Å². The highest BCUT2D eigenvalue weighted by Crippen LogP contribution is 2.38. The lowest BCUT2D eigenvalue weighted by Gasteiger charge is -2.23. The summed E-state index contributed by atoms with van der Waals surface area (Å²) in [7, 11) is 4.83. The van der Waals surface area contributed by atoms with Crippen LogP contribution in [-0.4, -0.2) is 44.7 Å². The molecular weight excluding hydrogens is 354 g/mol. The smallest absolute Gasteiger partial charge is 0.227 e. The Hall–Kier alpha value is -2.69. The van der Waals surface area contributed by atoms with Crippen LogP contribution in [0.5, 0.6) is 17.2 Å². The van der Waals surface area contributed by atoms with Gasteiger partial charge in [-0.15, -0.1) is 0 Å². The summed E-state index contributed by atoms with van der Waals surface area (Å²) in [6, 6.07) is 12.4. The van der Waals surface area contributed by atoms with Gasteiger partial charge < -0.3 is 19.1 Å². The summed E-state index contributed by atoms with van der Waals surface area (Å²) in [6.07, 6.45) is 3.38. The minimum Gasteiger partial charge on any atom is -0.493 e. The van der Waals surface area contributed by atoms with Crippen LogP contribution in [0.1, 0.15) is 29.5 Å². The molecule has 1 aliphatic rings. The number of hydrogen-bond acceptors (Lipinski definition) is 4. The third kappa shape index (κ3) is 4.58. The third-order valence-electron chi connectivity index (χ3n) is 5.28. The summed E-state index contributed by atoms with van der Waals surface area (Å²) in [5.74, 6) is 2.06. The molecule has 5 heteroatoms. The topological polar surface area (TPSA) is 48.0 Å². The van der Waals surface area contributed by atoms with Crippen molar-refractivity contribution < 1.29 is 19.0 Å². The van der Waals surface area contributed by atoms with Crippen LogP contribution in [0.25, 0.3) is 0 Å². The minimum absolute atomic E-state index is 0.198. The van der Waals surface area contributed by atoms with Crippen molar-refractivity contribution in [2.75, 3.05) is 27.9 Å². The second kappa shape index (κ2) is 9.00. The fraction of sp³-hybridized carbons (Fsp3) is 0.435. The molecule has 0 spiro atoms. The van der Waals surface area contributed by atoms with E-state index in [0.717, 1.165) is 36.0 Å². The quantitative estimate of drug-likeness (QED) is 0.661. The van der Waals surface area contributed by atoms with Gasteiger partial charge in [-0.3, -0.25) is 4.79 Å². The molecule has 0 atom stereocenters. The van der Waals surface area contributed by atoms with Crippen molar-refractivity contribution >= 4 is 5.91 Å². The average molecular weight is 383 g/mol. The van der Waals surface area contributed by atoms with Crippen molar-refractivity contribution in [3.05, 3.63) is 53.1 Å². The predicted molar refractivity (Wildman–Crippen MR) is 109 cm³/mol. The summed E-state index contributed by atoms with van der Waals surface area (Å²) in [4.78, 5) is 15.0. The molecule has 1 fully saturated rings. The Kier molecular flexibility index (Phi) is 6.45. The first-order valence-corrected chi connectivity index (χ1v) is 9.70. The Morgan fingerprint density at radius 2 is 1.68 bits per heavy atom. The van der Waals surface area contributed by atoms with Gasteiger partial charge in [-0.25, -0.2) is 0 Å². The van der Waals surface area contributed by atoms with E-state index < -0.39 is 0 Å². The first-order valence-electron chi connectivity index (χ1n) is 9.70. The Labute approximate surface area is 167 Å². The Bertz CT molecular complexity index is 804. The SMILES string of the molecule is COc1cc(CCN(C(=O)Cc2ccccc2C)C2CC2)cc(OC)c1OC. The van der Waals surface area contributed by atoms with Gasteiger partial charge in [0.2, 0.25) is 11.7 Å². The van der Waals surface area contributed by atoms with Crippen LogP contribution in [0.3, 0.4) is 0 Å². The number of carbonyl (C=O) groups excluding carboxylic acids is 1. The number of rotatable bonds is 9. The van der Waals surface area contributed by atoms with Gasteiger partial charge >= 0.3 is 0 Å². The number of carbonyl (C=O) groups is 1. The van der Waals surface area contributed by atoms with E-state index in [1.807, 2.05) is 35.2 Å². The van der Waals surface area contributed by atoms with Crippen LogP contribution in [0, 0.1) is 6.92 Å². The first-order chi connectivity index (χ1) is 13.6. The number of aryl methyl sites for hydroxylation is 1. The largest absolute Gasteiger partial charge is 0.493 e. The molecule has 0 radical (unpaired) electrons. The highest BCUT2D eigenvalue weighted by Gasteiger charge is 2.32. The van der Waals surface area contributed by atoms with Gasteiger partial charge in [0.25, 0.3) is 0 Å². The number of ether oxygens (including phenoxy) is 3. The average Bonchev–Trinajstić information content (AvgIpc) is 3.54. The number of hydrogen-bond donors (Lipinski definition) is 0.